The molecule has 1 heterocycles. The van der Waals surface area contributed by atoms with E-state index < -0.39 is 0 Å². The van der Waals surface area contributed by atoms with Crippen molar-refractivity contribution in [2.24, 2.45) is 0 Å². The van der Waals surface area contributed by atoms with Crippen molar-refractivity contribution in [3.8, 4) is 11.4 Å². The van der Waals surface area contributed by atoms with Crippen LogP contribution in [0, 0.1) is 6.92 Å². The molecule has 0 spiro atoms. The molecule has 5 nitrogen and oxygen atoms in total. The van der Waals surface area contributed by atoms with E-state index in [9.17, 15) is 4.79 Å². The van der Waals surface area contributed by atoms with E-state index in [4.69, 9.17) is 4.52 Å². The van der Waals surface area contributed by atoms with Gasteiger partial charge in [0, 0.05) is 11.3 Å². The van der Waals surface area contributed by atoms with Gasteiger partial charge in [-0.15, -0.1) is 11.8 Å². The Morgan fingerprint density at radius 3 is 2.77 bits per heavy atom. The Morgan fingerprint density at radius 2 is 2.00 bits per heavy atom. The number of nitrogens with one attached hydrogen (secondary N) is 1. The van der Waals surface area contributed by atoms with Gasteiger partial charge in [0.1, 0.15) is 0 Å². The first-order valence-electron chi connectivity index (χ1n) is 8.44. The predicted octanol–water partition coefficient (Wildman–Crippen LogP) is 3.98. The summed E-state index contributed by atoms with van der Waals surface area (Å²) in [6, 6.07) is 18.0. The Hall–Kier alpha value is -2.60. The lowest BCUT2D eigenvalue weighted by Crippen LogP contribution is -2.30. The first-order valence-corrected chi connectivity index (χ1v) is 9.49. The van der Waals surface area contributed by atoms with Crippen LogP contribution in [0.4, 0.5) is 0 Å². The number of aryl methyl sites for hydroxylation is 1. The summed E-state index contributed by atoms with van der Waals surface area (Å²) >= 11 is 1.60. The second-order valence-corrected chi connectivity index (χ2v) is 7.37. The summed E-state index contributed by atoms with van der Waals surface area (Å²) in [6.07, 6.45) is 0. The number of hydrogen-bond acceptors (Lipinski definition) is 5. The van der Waals surface area contributed by atoms with Gasteiger partial charge < -0.3 is 9.84 Å². The van der Waals surface area contributed by atoms with Crippen LogP contribution >= 0.6 is 11.8 Å². The molecule has 0 aliphatic heterocycles. The number of thioether (sulfide) groups is 1. The predicted molar refractivity (Wildman–Crippen MR) is 104 cm³/mol. The molecule has 1 amide bonds. The standard InChI is InChI=1S/C20H21N3O2S/c1-14-7-6-10-17(11-14)19-22-18(25-23-19)12-21-20(24)15(2)26-13-16-8-4-3-5-9-16/h3-11,15H,12-13H2,1-2H3,(H,21,24)/t15-/m0/s1. The number of carbonyl (C=O) groups is 1. The zero-order valence-corrected chi connectivity index (χ0v) is 15.6. The van der Waals surface area contributed by atoms with Crippen LogP contribution in [0.25, 0.3) is 11.4 Å². The number of rotatable bonds is 7. The van der Waals surface area contributed by atoms with Crippen LogP contribution in [0.2, 0.25) is 0 Å². The van der Waals surface area contributed by atoms with Gasteiger partial charge in [-0.25, -0.2) is 0 Å². The third-order valence-electron chi connectivity index (χ3n) is 3.87. The molecule has 1 atom stereocenters. The molecule has 26 heavy (non-hydrogen) atoms. The SMILES string of the molecule is Cc1cccc(-c2noc(CNC(=O)[C@H](C)SCc3ccccc3)n2)c1. The van der Waals surface area contributed by atoms with Crippen LogP contribution < -0.4 is 5.32 Å². The largest absolute Gasteiger partial charge is 0.346 e. The Kier molecular flexibility index (Phi) is 6.07. The van der Waals surface area contributed by atoms with Crippen LogP contribution in [0.1, 0.15) is 23.9 Å². The van der Waals surface area contributed by atoms with Gasteiger partial charge in [0.25, 0.3) is 0 Å². The quantitative estimate of drug-likeness (QED) is 0.684. The number of benzene rings is 2. The van der Waals surface area contributed by atoms with E-state index in [1.165, 1.54) is 5.56 Å². The van der Waals surface area contributed by atoms with Gasteiger partial charge in [0.2, 0.25) is 17.6 Å². The molecule has 0 aliphatic carbocycles. The lowest BCUT2D eigenvalue weighted by atomic mass is 10.1. The number of amides is 1. The third-order valence-corrected chi connectivity index (χ3v) is 5.08. The monoisotopic (exact) mass is 367 g/mol. The van der Waals surface area contributed by atoms with Gasteiger partial charge in [-0.1, -0.05) is 59.3 Å². The van der Waals surface area contributed by atoms with Crippen molar-refractivity contribution in [3.05, 3.63) is 71.6 Å². The van der Waals surface area contributed by atoms with Gasteiger partial charge in [-0.3, -0.25) is 4.79 Å². The third kappa shape index (κ3) is 4.95. The van der Waals surface area contributed by atoms with Crippen molar-refractivity contribution < 1.29 is 9.32 Å². The highest BCUT2D eigenvalue weighted by molar-refractivity contribution is 7.99. The summed E-state index contributed by atoms with van der Waals surface area (Å²) in [5.74, 6) is 1.69. The molecule has 6 heteroatoms. The van der Waals surface area contributed by atoms with Gasteiger partial charge in [-0.05, 0) is 25.5 Å². The molecule has 0 aliphatic rings. The van der Waals surface area contributed by atoms with Crippen molar-refractivity contribution in [2.75, 3.05) is 0 Å². The van der Waals surface area contributed by atoms with Crippen molar-refractivity contribution in [2.45, 2.75) is 31.4 Å². The summed E-state index contributed by atoms with van der Waals surface area (Å²) in [5.41, 5.74) is 3.24. The number of aromatic nitrogens is 2. The lowest BCUT2D eigenvalue weighted by Gasteiger charge is -2.10. The highest BCUT2D eigenvalue weighted by Crippen LogP contribution is 2.19. The second kappa shape index (κ2) is 8.67. The second-order valence-electron chi connectivity index (χ2n) is 6.04. The fourth-order valence-electron chi connectivity index (χ4n) is 2.41. The maximum absolute atomic E-state index is 12.2. The molecule has 0 fully saturated rings. The van der Waals surface area contributed by atoms with Crippen LogP contribution in [0.3, 0.4) is 0 Å². The summed E-state index contributed by atoms with van der Waals surface area (Å²) in [5, 5.41) is 6.68. The van der Waals surface area contributed by atoms with Crippen molar-refractivity contribution >= 4 is 17.7 Å². The zero-order chi connectivity index (χ0) is 18.4. The van der Waals surface area contributed by atoms with E-state index in [1.807, 2.05) is 56.3 Å². The smallest absolute Gasteiger partial charge is 0.246 e. The summed E-state index contributed by atoms with van der Waals surface area (Å²) < 4.78 is 5.24. The van der Waals surface area contributed by atoms with E-state index in [0.29, 0.717) is 11.7 Å². The molecule has 134 valence electrons. The fraction of sp³-hybridized carbons (Fsp3) is 0.250. The average molecular weight is 367 g/mol. The number of carbonyl (C=O) groups excluding carboxylic acids is 1. The normalized spacial score (nSPS) is 11.9. The molecule has 1 aromatic heterocycles. The van der Waals surface area contributed by atoms with Gasteiger partial charge in [-0.2, -0.15) is 4.98 Å². The molecule has 1 N–H and O–H groups in total. The topological polar surface area (TPSA) is 68.0 Å². The van der Waals surface area contributed by atoms with Crippen molar-refractivity contribution in [1.82, 2.24) is 15.5 Å². The molecule has 0 radical (unpaired) electrons. The molecular weight excluding hydrogens is 346 g/mol. The van der Waals surface area contributed by atoms with E-state index in [1.54, 1.807) is 11.8 Å². The van der Waals surface area contributed by atoms with E-state index in [0.717, 1.165) is 16.9 Å². The molecule has 0 saturated carbocycles. The fourth-order valence-corrected chi connectivity index (χ4v) is 3.28. The summed E-state index contributed by atoms with van der Waals surface area (Å²) in [4.78, 5) is 16.6. The molecule has 3 rings (SSSR count). The van der Waals surface area contributed by atoms with E-state index in [2.05, 4.69) is 27.6 Å². The minimum atomic E-state index is -0.158. The number of nitrogens with zero attached hydrogens (tertiary/aromatic N) is 2. The van der Waals surface area contributed by atoms with E-state index >= 15 is 0 Å². The highest BCUT2D eigenvalue weighted by atomic mass is 32.2. The summed E-state index contributed by atoms with van der Waals surface area (Å²) in [7, 11) is 0. The Bertz CT molecular complexity index is 864. The highest BCUT2D eigenvalue weighted by Gasteiger charge is 2.15. The molecule has 0 bridgehead atoms. The van der Waals surface area contributed by atoms with Crippen molar-refractivity contribution in [1.29, 1.82) is 0 Å². The first kappa shape index (κ1) is 18.2. The summed E-state index contributed by atoms with van der Waals surface area (Å²) in [6.45, 7) is 4.14. The first-order chi connectivity index (χ1) is 12.6. The molecule has 0 unspecified atom stereocenters. The van der Waals surface area contributed by atoms with Gasteiger partial charge in [0.15, 0.2) is 0 Å². The Labute approximate surface area is 157 Å². The van der Waals surface area contributed by atoms with Crippen LogP contribution in [-0.2, 0) is 17.1 Å². The van der Waals surface area contributed by atoms with Crippen LogP contribution in [0.5, 0.6) is 0 Å². The molecule has 0 saturated heterocycles. The minimum absolute atomic E-state index is 0.0405. The minimum Gasteiger partial charge on any atom is -0.346 e. The maximum atomic E-state index is 12.2. The number of hydrogen-bond donors (Lipinski definition) is 1. The Balaban J connectivity index is 1.50. The van der Waals surface area contributed by atoms with Gasteiger partial charge in [0.05, 0.1) is 11.8 Å². The lowest BCUT2D eigenvalue weighted by molar-refractivity contribution is -0.120. The molecule has 3 aromatic rings. The zero-order valence-electron chi connectivity index (χ0n) is 14.8. The molecule has 2 aromatic carbocycles. The maximum Gasteiger partial charge on any atom is 0.246 e. The van der Waals surface area contributed by atoms with Crippen LogP contribution in [0.15, 0.2) is 59.1 Å². The van der Waals surface area contributed by atoms with Crippen LogP contribution in [-0.4, -0.2) is 21.3 Å². The van der Waals surface area contributed by atoms with Crippen molar-refractivity contribution in [3.63, 3.8) is 0 Å². The molecular formula is C20H21N3O2S. The Morgan fingerprint density at radius 1 is 1.19 bits per heavy atom. The average Bonchev–Trinajstić information content (AvgIpc) is 3.14. The van der Waals surface area contributed by atoms with E-state index in [-0.39, 0.29) is 17.7 Å². The van der Waals surface area contributed by atoms with Gasteiger partial charge >= 0.3 is 0 Å².